The number of carbonyl (C=O) groups excluding carboxylic acids is 2. The number of hydrogen-bond acceptors (Lipinski definition) is 7. The molecule has 0 amide bonds. The minimum Gasteiger partial charge on any atom is -0.497 e. The van der Waals surface area contributed by atoms with Gasteiger partial charge in [-0.3, -0.25) is 4.79 Å². The van der Waals surface area contributed by atoms with Gasteiger partial charge in [-0.25, -0.2) is 4.79 Å². The summed E-state index contributed by atoms with van der Waals surface area (Å²) in [5, 5.41) is 0. The Balaban J connectivity index is 1.60. The van der Waals surface area contributed by atoms with E-state index in [1.54, 1.807) is 30.3 Å². The van der Waals surface area contributed by atoms with Gasteiger partial charge in [-0.15, -0.1) is 23.5 Å². The normalized spacial score (nSPS) is 14.0. The zero-order valence-electron chi connectivity index (χ0n) is 15.1. The second-order valence-corrected chi connectivity index (χ2v) is 8.49. The molecule has 0 radical (unpaired) electrons. The predicted octanol–water partition coefficient (Wildman–Crippen LogP) is 4.22. The summed E-state index contributed by atoms with van der Waals surface area (Å²) in [6.07, 6.45) is 0. The third-order valence-electron chi connectivity index (χ3n) is 4.08. The van der Waals surface area contributed by atoms with Crippen LogP contribution in [0, 0.1) is 0 Å². The maximum Gasteiger partial charge on any atom is 0.338 e. The standard InChI is InChI=1S/C20H20O5S2/c1-23-15-7-8-16(18(11-15)24-2)17(21)12-25-19(22)13-3-5-14(6-4-13)20-26-9-10-27-20/h3-8,11,20H,9-10,12H2,1-2H3. The average molecular weight is 405 g/mol. The van der Waals surface area contributed by atoms with Gasteiger partial charge in [-0.05, 0) is 29.8 Å². The van der Waals surface area contributed by atoms with Crippen molar-refractivity contribution in [2.75, 3.05) is 32.3 Å². The van der Waals surface area contributed by atoms with Crippen molar-refractivity contribution in [2.24, 2.45) is 0 Å². The molecule has 0 bridgehead atoms. The minimum absolute atomic E-state index is 0.335. The van der Waals surface area contributed by atoms with E-state index in [0.717, 1.165) is 11.5 Å². The van der Waals surface area contributed by atoms with Crippen molar-refractivity contribution in [3.05, 3.63) is 59.2 Å². The van der Waals surface area contributed by atoms with E-state index in [1.807, 2.05) is 35.7 Å². The lowest BCUT2D eigenvalue weighted by molar-refractivity contribution is 0.0474. The van der Waals surface area contributed by atoms with Gasteiger partial charge in [-0.1, -0.05) is 12.1 Å². The summed E-state index contributed by atoms with van der Waals surface area (Å²) < 4.78 is 15.9. The third-order valence-corrected chi connectivity index (χ3v) is 7.19. The maximum absolute atomic E-state index is 12.4. The van der Waals surface area contributed by atoms with Crippen LogP contribution in [0.3, 0.4) is 0 Å². The second kappa shape index (κ2) is 9.19. The molecule has 1 heterocycles. The summed E-state index contributed by atoms with van der Waals surface area (Å²) in [5.74, 6) is 2.41. The molecular weight excluding hydrogens is 384 g/mol. The molecule has 0 aromatic heterocycles. The van der Waals surface area contributed by atoms with Crippen LogP contribution in [0.15, 0.2) is 42.5 Å². The second-order valence-electron chi connectivity index (χ2n) is 5.76. The molecule has 2 aromatic carbocycles. The molecule has 5 nitrogen and oxygen atoms in total. The van der Waals surface area contributed by atoms with Crippen LogP contribution in [0.5, 0.6) is 11.5 Å². The molecule has 1 aliphatic heterocycles. The number of hydrogen-bond donors (Lipinski definition) is 0. The summed E-state index contributed by atoms with van der Waals surface area (Å²) in [5.41, 5.74) is 1.97. The highest BCUT2D eigenvalue weighted by molar-refractivity contribution is 8.19. The Morgan fingerprint density at radius 3 is 2.33 bits per heavy atom. The number of methoxy groups -OCH3 is 2. The highest BCUT2D eigenvalue weighted by Gasteiger charge is 2.19. The van der Waals surface area contributed by atoms with E-state index in [0.29, 0.717) is 27.2 Å². The first kappa shape index (κ1) is 19.6. The first-order chi connectivity index (χ1) is 13.1. The minimum atomic E-state index is -0.519. The molecule has 0 aliphatic carbocycles. The van der Waals surface area contributed by atoms with Gasteiger partial charge in [0.25, 0.3) is 0 Å². The summed E-state index contributed by atoms with van der Waals surface area (Å²) in [7, 11) is 3.01. The van der Waals surface area contributed by atoms with Crippen LogP contribution in [0.25, 0.3) is 0 Å². The van der Waals surface area contributed by atoms with Crippen molar-refractivity contribution in [1.29, 1.82) is 0 Å². The Kier molecular flexibility index (Phi) is 6.68. The van der Waals surface area contributed by atoms with Gasteiger partial charge in [0.15, 0.2) is 6.61 Å². The quantitative estimate of drug-likeness (QED) is 0.506. The summed E-state index contributed by atoms with van der Waals surface area (Å²) in [6, 6.07) is 12.3. The van der Waals surface area contributed by atoms with Crippen LogP contribution in [-0.4, -0.2) is 44.1 Å². The Hall–Kier alpha value is -2.12. The molecule has 1 fully saturated rings. The highest BCUT2D eigenvalue weighted by Crippen LogP contribution is 2.45. The van der Waals surface area contributed by atoms with Crippen molar-refractivity contribution >= 4 is 35.3 Å². The number of Topliss-reactive ketones (excluding diaryl/α,β-unsaturated/α-hetero) is 1. The monoisotopic (exact) mass is 404 g/mol. The smallest absolute Gasteiger partial charge is 0.338 e. The number of ether oxygens (including phenoxy) is 3. The van der Waals surface area contributed by atoms with Crippen molar-refractivity contribution in [3.8, 4) is 11.5 Å². The number of esters is 1. The first-order valence-electron chi connectivity index (χ1n) is 8.38. The van der Waals surface area contributed by atoms with E-state index < -0.39 is 5.97 Å². The number of carbonyl (C=O) groups is 2. The van der Waals surface area contributed by atoms with Gasteiger partial charge in [0.1, 0.15) is 11.5 Å². The van der Waals surface area contributed by atoms with E-state index in [9.17, 15) is 9.59 Å². The molecule has 142 valence electrons. The Bertz CT molecular complexity index is 814. The number of benzene rings is 2. The van der Waals surface area contributed by atoms with Crippen LogP contribution in [-0.2, 0) is 4.74 Å². The largest absolute Gasteiger partial charge is 0.497 e. The third kappa shape index (κ3) is 4.78. The summed E-state index contributed by atoms with van der Waals surface area (Å²) in [4.78, 5) is 24.6. The van der Waals surface area contributed by atoms with Gasteiger partial charge in [0.05, 0.1) is 29.9 Å². The lowest BCUT2D eigenvalue weighted by Crippen LogP contribution is -2.15. The first-order valence-corrected chi connectivity index (χ1v) is 10.5. The van der Waals surface area contributed by atoms with E-state index in [4.69, 9.17) is 14.2 Å². The zero-order chi connectivity index (χ0) is 19.2. The molecule has 0 spiro atoms. The highest BCUT2D eigenvalue weighted by atomic mass is 32.2. The van der Waals surface area contributed by atoms with Crippen LogP contribution in [0.4, 0.5) is 0 Å². The lowest BCUT2D eigenvalue weighted by Gasteiger charge is -2.11. The Labute approximate surface area is 166 Å². The predicted molar refractivity (Wildman–Crippen MR) is 108 cm³/mol. The molecule has 3 rings (SSSR count). The molecule has 1 saturated heterocycles. The van der Waals surface area contributed by atoms with Gasteiger partial charge in [0, 0.05) is 17.6 Å². The van der Waals surface area contributed by atoms with Gasteiger partial charge in [0.2, 0.25) is 5.78 Å². The van der Waals surface area contributed by atoms with Crippen LogP contribution in [0.1, 0.15) is 30.9 Å². The van der Waals surface area contributed by atoms with Crippen molar-refractivity contribution in [2.45, 2.75) is 4.58 Å². The summed E-state index contributed by atoms with van der Waals surface area (Å²) >= 11 is 3.82. The molecule has 2 aromatic rings. The molecule has 7 heteroatoms. The Morgan fingerprint density at radius 2 is 1.70 bits per heavy atom. The molecule has 0 N–H and O–H groups in total. The molecule has 1 aliphatic rings. The van der Waals surface area contributed by atoms with Crippen molar-refractivity contribution < 1.29 is 23.8 Å². The van der Waals surface area contributed by atoms with E-state index in [2.05, 4.69) is 0 Å². The molecule has 0 atom stereocenters. The van der Waals surface area contributed by atoms with Crippen LogP contribution in [0.2, 0.25) is 0 Å². The number of rotatable bonds is 7. The summed E-state index contributed by atoms with van der Waals surface area (Å²) in [6.45, 7) is -0.350. The Morgan fingerprint density at radius 1 is 1.00 bits per heavy atom. The molecular formula is C20H20O5S2. The van der Waals surface area contributed by atoms with Crippen molar-refractivity contribution in [3.63, 3.8) is 0 Å². The van der Waals surface area contributed by atoms with E-state index in [1.165, 1.54) is 19.8 Å². The molecule has 0 saturated carbocycles. The van der Waals surface area contributed by atoms with Crippen LogP contribution >= 0.6 is 23.5 Å². The fourth-order valence-corrected chi connectivity index (χ4v) is 5.51. The van der Waals surface area contributed by atoms with Gasteiger partial charge in [-0.2, -0.15) is 0 Å². The lowest BCUT2D eigenvalue weighted by atomic mass is 10.1. The fourth-order valence-electron chi connectivity index (χ4n) is 2.65. The molecule has 27 heavy (non-hydrogen) atoms. The average Bonchev–Trinajstić information content (AvgIpc) is 3.26. The van der Waals surface area contributed by atoms with Gasteiger partial charge >= 0.3 is 5.97 Å². The van der Waals surface area contributed by atoms with Gasteiger partial charge < -0.3 is 14.2 Å². The topological polar surface area (TPSA) is 61.8 Å². The number of thioether (sulfide) groups is 2. The van der Waals surface area contributed by atoms with Crippen LogP contribution < -0.4 is 9.47 Å². The number of ketones is 1. The molecule has 0 unspecified atom stereocenters. The van der Waals surface area contributed by atoms with Crippen molar-refractivity contribution in [1.82, 2.24) is 0 Å². The SMILES string of the molecule is COc1ccc(C(=O)COC(=O)c2ccc(C3SCCS3)cc2)c(OC)c1. The van der Waals surface area contributed by atoms with E-state index in [-0.39, 0.29) is 12.4 Å². The zero-order valence-corrected chi connectivity index (χ0v) is 16.7. The fraction of sp³-hybridized carbons (Fsp3) is 0.300. The van der Waals surface area contributed by atoms with E-state index >= 15 is 0 Å². The maximum atomic E-state index is 12.4.